The molecule has 2 nitrogen and oxygen atoms in total. The van der Waals surface area contributed by atoms with Gasteiger partial charge in [-0.15, -0.1) is 0 Å². The van der Waals surface area contributed by atoms with Crippen LogP contribution in [0.4, 0.5) is 5.69 Å². The summed E-state index contributed by atoms with van der Waals surface area (Å²) in [5.41, 5.74) is 9.63. The number of nitrogens with one attached hydrogen (secondary N) is 1. The number of hydrogen-bond acceptors (Lipinski definition) is 2. The van der Waals surface area contributed by atoms with Gasteiger partial charge in [-0.1, -0.05) is 18.2 Å². The molecular formula is C15H20N2. The highest BCUT2D eigenvalue weighted by Gasteiger charge is 2.24. The molecule has 2 heteroatoms. The number of anilines is 1. The summed E-state index contributed by atoms with van der Waals surface area (Å²) in [7, 11) is 0. The predicted octanol–water partition coefficient (Wildman–Crippen LogP) is 2.95. The smallest absolute Gasteiger partial charge is 0.0328 e. The normalized spacial score (nSPS) is 27.1. The van der Waals surface area contributed by atoms with Crippen LogP contribution in [0.25, 0.3) is 0 Å². The molecule has 2 aliphatic carbocycles. The Bertz CT molecular complexity index is 437. The molecule has 0 heterocycles. The molecule has 0 saturated heterocycles. The summed E-state index contributed by atoms with van der Waals surface area (Å²) in [6.07, 6.45) is 10.7. The molecule has 2 unspecified atom stereocenters. The lowest BCUT2D eigenvalue weighted by Gasteiger charge is -2.24. The second-order valence-corrected chi connectivity index (χ2v) is 5.20. The molecule has 0 radical (unpaired) electrons. The Morgan fingerprint density at radius 1 is 1.18 bits per heavy atom. The first-order valence-electron chi connectivity index (χ1n) is 6.62. The van der Waals surface area contributed by atoms with Crippen molar-refractivity contribution in [3.8, 4) is 0 Å². The first-order valence-corrected chi connectivity index (χ1v) is 6.62. The third kappa shape index (κ3) is 2.22. The van der Waals surface area contributed by atoms with Crippen LogP contribution in [0.15, 0.2) is 30.4 Å². The van der Waals surface area contributed by atoms with Gasteiger partial charge >= 0.3 is 0 Å². The van der Waals surface area contributed by atoms with Gasteiger partial charge in [-0.25, -0.2) is 0 Å². The second kappa shape index (κ2) is 4.53. The Balaban J connectivity index is 1.73. The largest absolute Gasteiger partial charge is 0.399 e. The van der Waals surface area contributed by atoms with Crippen LogP contribution < -0.4 is 11.1 Å². The minimum atomic E-state index is 0.544. The number of nitrogens with two attached hydrogens (primary N) is 1. The molecule has 0 aliphatic heterocycles. The highest BCUT2D eigenvalue weighted by atomic mass is 15.0. The number of aryl methyl sites for hydroxylation is 1. The Morgan fingerprint density at radius 2 is 2.12 bits per heavy atom. The maximum absolute atomic E-state index is 5.83. The van der Waals surface area contributed by atoms with E-state index in [2.05, 4.69) is 29.6 Å². The van der Waals surface area contributed by atoms with E-state index in [-0.39, 0.29) is 0 Å². The van der Waals surface area contributed by atoms with Gasteiger partial charge in [0.05, 0.1) is 0 Å². The first-order chi connectivity index (χ1) is 8.33. The number of nitrogen functional groups attached to an aromatic ring is 1. The molecule has 0 amide bonds. The molecule has 3 N–H and O–H groups in total. The van der Waals surface area contributed by atoms with E-state index >= 15 is 0 Å². The number of benzene rings is 1. The lowest BCUT2D eigenvalue weighted by atomic mass is 9.99. The average molecular weight is 228 g/mol. The van der Waals surface area contributed by atoms with Gasteiger partial charge in [0.25, 0.3) is 0 Å². The van der Waals surface area contributed by atoms with Crippen LogP contribution in [0, 0.1) is 0 Å². The molecule has 0 bridgehead atoms. The van der Waals surface area contributed by atoms with Gasteiger partial charge in [-0.3, -0.25) is 0 Å². The van der Waals surface area contributed by atoms with Gasteiger partial charge in [0, 0.05) is 17.8 Å². The zero-order chi connectivity index (χ0) is 11.7. The molecule has 1 aromatic carbocycles. The maximum atomic E-state index is 5.83. The molecule has 0 spiro atoms. The quantitative estimate of drug-likeness (QED) is 0.603. The van der Waals surface area contributed by atoms with Gasteiger partial charge in [-0.2, -0.15) is 0 Å². The minimum Gasteiger partial charge on any atom is -0.399 e. The van der Waals surface area contributed by atoms with E-state index in [1.165, 1.54) is 43.2 Å². The van der Waals surface area contributed by atoms with Crippen LogP contribution >= 0.6 is 0 Å². The van der Waals surface area contributed by atoms with E-state index < -0.39 is 0 Å². The lowest BCUT2D eigenvalue weighted by Crippen LogP contribution is -2.32. The Hall–Kier alpha value is -1.28. The van der Waals surface area contributed by atoms with E-state index in [4.69, 9.17) is 5.73 Å². The van der Waals surface area contributed by atoms with Gasteiger partial charge in [0.2, 0.25) is 0 Å². The fraction of sp³-hybridized carbons (Fsp3) is 0.467. The summed E-state index contributed by atoms with van der Waals surface area (Å²) in [4.78, 5) is 0. The first kappa shape index (κ1) is 10.8. The van der Waals surface area contributed by atoms with Crippen LogP contribution in [0.1, 0.15) is 42.9 Å². The van der Waals surface area contributed by atoms with Crippen molar-refractivity contribution in [2.75, 3.05) is 5.73 Å². The number of rotatable bonds is 2. The highest BCUT2D eigenvalue weighted by molar-refractivity contribution is 5.47. The molecule has 0 fully saturated rings. The lowest BCUT2D eigenvalue weighted by molar-refractivity contribution is 0.408. The summed E-state index contributed by atoms with van der Waals surface area (Å²) >= 11 is 0. The maximum Gasteiger partial charge on any atom is 0.0328 e. The third-order valence-electron chi connectivity index (χ3n) is 3.95. The van der Waals surface area contributed by atoms with Crippen LogP contribution in [0.3, 0.4) is 0 Å². The van der Waals surface area contributed by atoms with Gasteiger partial charge in [-0.05, 0) is 55.4 Å². The van der Waals surface area contributed by atoms with Gasteiger partial charge in [0.15, 0.2) is 0 Å². The molecule has 2 atom stereocenters. The number of fused-ring (bicyclic) bond motifs is 1. The average Bonchev–Trinajstić information content (AvgIpc) is 2.73. The fourth-order valence-electron chi connectivity index (χ4n) is 3.04. The molecule has 17 heavy (non-hydrogen) atoms. The van der Waals surface area contributed by atoms with Crippen molar-refractivity contribution < 1.29 is 0 Å². The van der Waals surface area contributed by atoms with Crippen LogP contribution in [-0.4, -0.2) is 6.04 Å². The standard InChI is InChI=1S/C15H20N2/c16-12-7-8-14-11(10-12)6-9-15(14)17-13-4-2-1-3-5-13/h1-2,7-8,10,13,15,17H,3-6,9,16H2. The zero-order valence-electron chi connectivity index (χ0n) is 10.2. The van der Waals surface area contributed by atoms with Crippen molar-refractivity contribution in [2.24, 2.45) is 0 Å². The predicted molar refractivity (Wildman–Crippen MR) is 71.8 cm³/mol. The van der Waals surface area contributed by atoms with Gasteiger partial charge < -0.3 is 11.1 Å². The van der Waals surface area contributed by atoms with Crippen molar-refractivity contribution in [3.05, 3.63) is 41.5 Å². The van der Waals surface area contributed by atoms with E-state index in [0.29, 0.717) is 12.1 Å². The molecule has 3 rings (SSSR count). The van der Waals surface area contributed by atoms with Crippen LogP contribution in [0.5, 0.6) is 0 Å². The molecular weight excluding hydrogens is 208 g/mol. The Labute approximate surface area is 103 Å². The summed E-state index contributed by atoms with van der Waals surface area (Å²) in [5.74, 6) is 0. The fourth-order valence-corrected chi connectivity index (χ4v) is 3.04. The minimum absolute atomic E-state index is 0.544. The monoisotopic (exact) mass is 228 g/mol. The summed E-state index contributed by atoms with van der Waals surface area (Å²) < 4.78 is 0. The van der Waals surface area contributed by atoms with Gasteiger partial charge in [0.1, 0.15) is 0 Å². The van der Waals surface area contributed by atoms with Crippen molar-refractivity contribution in [2.45, 2.75) is 44.2 Å². The van der Waals surface area contributed by atoms with Crippen LogP contribution in [0.2, 0.25) is 0 Å². The molecule has 2 aliphatic rings. The third-order valence-corrected chi connectivity index (χ3v) is 3.95. The molecule has 0 saturated carbocycles. The zero-order valence-corrected chi connectivity index (χ0v) is 10.2. The van der Waals surface area contributed by atoms with Crippen molar-refractivity contribution >= 4 is 5.69 Å². The summed E-state index contributed by atoms with van der Waals surface area (Å²) in [6.45, 7) is 0. The molecule has 0 aromatic heterocycles. The highest BCUT2D eigenvalue weighted by Crippen LogP contribution is 2.33. The van der Waals surface area contributed by atoms with Crippen molar-refractivity contribution in [1.82, 2.24) is 5.32 Å². The summed E-state index contributed by atoms with van der Waals surface area (Å²) in [5, 5.41) is 3.80. The van der Waals surface area contributed by atoms with Crippen LogP contribution in [-0.2, 0) is 6.42 Å². The van der Waals surface area contributed by atoms with E-state index in [0.717, 1.165) is 5.69 Å². The topological polar surface area (TPSA) is 38.0 Å². The Kier molecular flexibility index (Phi) is 2.89. The van der Waals surface area contributed by atoms with E-state index in [1.807, 2.05) is 6.07 Å². The van der Waals surface area contributed by atoms with Crippen molar-refractivity contribution in [1.29, 1.82) is 0 Å². The SMILES string of the molecule is Nc1ccc2c(c1)CCC2NC1CC=CCC1. The van der Waals surface area contributed by atoms with E-state index in [1.54, 1.807) is 0 Å². The number of hydrogen-bond donors (Lipinski definition) is 2. The molecule has 1 aromatic rings. The number of allylic oxidation sites excluding steroid dienone is 1. The second-order valence-electron chi connectivity index (χ2n) is 5.20. The van der Waals surface area contributed by atoms with E-state index in [9.17, 15) is 0 Å². The summed E-state index contributed by atoms with van der Waals surface area (Å²) in [6, 6.07) is 7.57. The Morgan fingerprint density at radius 3 is 2.94 bits per heavy atom. The molecule has 90 valence electrons. The van der Waals surface area contributed by atoms with Crippen molar-refractivity contribution in [3.63, 3.8) is 0 Å².